The van der Waals surface area contributed by atoms with Crippen LogP contribution in [0.2, 0.25) is 0 Å². The number of rotatable bonds is 8. The first-order valence-electron chi connectivity index (χ1n) is 8.60. The summed E-state index contributed by atoms with van der Waals surface area (Å²) in [6.07, 6.45) is 2.54. The van der Waals surface area contributed by atoms with Gasteiger partial charge in [-0.15, -0.1) is 24.0 Å². The smallest absolute Gasteiger partial charge is 0.191 e. The Hall–Kier alpha value is -1.06. The van der Waals surface area contributed by atoms with Gasteiger partial charge in [0, 0.05) is 27.2 Å². The van der Waals surface area contributed by atoms with Crippen molar-refractivity contribution in [3.63, 3.8) is 0 Å². The highest BCUT2D eigenvalue weighted by atomic mass is 127. The molecule has 0 aliphatic carbocycles. The number of hydrogen-bond acceptors (Lipinski definition) is 4. The summed E-state index contributed by atoms with van der Waals surface area (Å²) in [6.45, 7) is 4.52. The predicted octanol–water partition coefficient (Wildman–Crippen LogP) is 2.26. The molecule has 7 heteroatoms. The zero-order valence-corrected chi connectivity index (χ0v) is 17.8. The van der Waals surface area contributed by atoms with Gasteiger partial charge in [-0.3, -0.25) is 9.89 Å². The van der Waals surface area contributed by atoms with E-state index < -0.39 is 0 Å². The molecule has 1 aliphatic heterocycles. The Morgan fingerprint density at radius 2 is 1.84 bits per heavy atom. The summed E-state index contributed by atoms with van der Waals surface area (Å²) in [5, 5.41) is 6.70. The highest BCUT2D eigenvalue weighted by molar-refractivity contribution is 14.0. The van der Waals surface area contributed by atoms with Crippen LogP contribution in [0.15, 0.2) is 29.3 Å². The van der Waals surface area contributed by atoms with Crippen LogP contribution in [0.4, 0.5) is 0 Å². The minimum atomic E-state index is 0. The molecule has 0 radical (unpaired) electrons. The second kappa shape index (κ2) is 12.3. The molecule has 1 heterocycles. The molecule has 0 spiro atoms. The van der Waals surface area contributed by atoms with Crippen LogP contribution in [-0.2, 0) is 4.74 Å². The Labute approximate surface area is 168 Å². The van der Waals surface area contributed by atoms with Gasteiger partial charge in [0.25, 0.3) is 0 Å². The topological polar surface area (TPSA) is 58.1 Å². The van der Waals surface area contributed by atoms with Crippen molar-refractivity contribution in [3.8, 4) is 5.75 Å². The molecular formula is C18H31IN4O2. The van der Waals surface area contributed by atoms with Crippen LogP contribution >= 0.6 is 24.0 Å². The van der Waals surface area contributed by atoms with Crippen molar-refractivity contribution >= 4 is 29.9 Å². The molecule has 1 aliphatic rings. The lowest BCUT2D eigenvalue weighted by Gasteiger charge is -2.29. The molecule has 0 saturated carbocycles. The molecule has 0 aromatic heterocycles. The fourth-order valence-electron chi connectivity index (χ4n) is 3.02. The molecule has 1 aromatic rings. The maximum atomic E-state index is 5.27. The maximum Gasteiger partial charge on any atom is 0.191 e. The maximum absolute atomic E-state index is 5.27. The monoisotopic (exact) mass is 462 g/mol. The van der Waals surface area contributed by atoms with E-state index in [9.17, 15) is 0 Å². The minimum absolute atomic E-state index is 0. The second-order valence-electron chi connectivity index (χ2n) is 5.90. The number of hydrogen-bond donors (Lipinski definition) is 2. The van der Waals surface area contributed by atoms with E-state index in [4.69, 9.17) is 9.47 Å². The number of halogens is 1. The highest BCUT2D eigenvalue weighted by Gasteiger charge is 2.23. The number of methoxy groups -OCH3 is 2. The van der Waals surface area contributed by atoms with Crippen LogP contribution in [0.1, 0.15) is 24.4 Å². The summed E-state index contributed by atoms with van der Waals surface area (Å²) >= 11 is 0. The van der Waals surface area contributed by atoms with E-state index in [2.05, 4.69) is 32.7 Å². The number of likely N-dealkylation sites (tertiary alicyclic amines) is 1. The zero-order chi connectivity index (χ0) is 17.2. The third-order valence-electron chi connectivity index (χ3n) is 4.37. The molecule has 0 bridgehead atoms. The van der Waals surface area contributed by atoms with Crippen LogP contribution in [0.3, 0.4) is 0 Å². The van der Waals surface area contributed by atoms with Gasteiger partial charge in [0.1, 0.15) is 5.75 Å². The highest BCUT2D eigenvalue weighted by Crippen LogP contribution is 2.26. The van der Waals surface area contributed by atoms with Gasteiger partial charge in [-0.25, -0.2) is 0 Å². The quantitative estimate of drug-likeness (QED) is 0.269. The van der Waals surface area contributed by atoms with Crippen LogP contribution in [0.5, 0.6) is 5.75 Å². The number of aliphatic imine (C=N–C) groups is 1. The van der Waals surface area contributed by atoms with Crippen LogP contribution in [0, 0.1) is 0 Å². The van der Waals surface area contributed by atoms with Crippen LogP contribution in [0.25, 0.3) is 0 Å². The largest absolute Gasteiger partial charge is 0.497 e. The lowest BCUT2D eigenvalue weighted by Crippen LogP contribution is -2.43. The van der Waals surface area contributed by atoms with Gasteiger partial charge in [0.2, 0.25) is 0 Å². The standard InChI is InChI=1S/C18H30N4O2.HI/c1-19-18(20-10-13-23-2)21-14-17(22-11-4-5-12-22)15-6-8-16(24-3)9-7-15;/h6-9,17H,4-5,10-14H2,1-3H3,(H2,19,20,21);1H. The average Bonchev–Trinajstić information content (AvgIpc) is 3.15. The van der Waals surface area contributed by atoms with E-state index in [1.165, 1.54) is 18.4 Å². The molecule has 25 heavy (non-hydrogen) atoms. The molecule has 1 saturated heterocycles. The fourth-order valence-corrected chi connectivity index (χ4v) is 3.02. The normalized spacial score (nSPS) is 16.2. The van der Waals surface area contributed by atoms with Crippen molar-refractivity contribution in [2.45, 2.75) is 18.9 Å². The lowest BCUT2D eigenvalue weighted by atomic mass is 10.1. The van der Waals surface area contributed by atoms with Gasteiger partial charge in [-0.2, -0.15) is 0 Å². The first kappa shape index (κ1) is 22.0. The summed E-state index contributed by atoms with van der Waals surface area (Å²) in [6, 6.07) is 8.71. The number of nitrogens with zero attached hydrogens (tertiary/aromatic N) is 2. The molecular weight excluding hydrogens is 431 g/mol. The van der Waals surface area contributed by atoms with Crippen molar-refractivity contribution in [1.29, 1.82) is 0 Å². The Morgan fingerprint density at radius 3 is 2.40 bits per heavy atom. The molecule has 0 amide bonds. The van der Waals surface area contributed by atoms with Crippen molar-refractivity contribution < 1.29 is 9.47 Å². The van der Waals surface area contributed by atoms with E-state index in [0.29, 0.717) is 12.6 Å². The molecule has 1 aromatic carbocycles. The van der Waals surface area contributed by atoms with Gasteiger partial charge < -0.3 is 20.1 Å². The number of benzene rings is 1. The summed E-state index contributed by atoms with van der Waals surface area (Å²) in [5.41, 5.74) is 1.30. The lowest BCUT2D eigenvalue weighted by molar-refractivity contribution is 0.203. The first-order valence-corrected chi connectivity index (χ1v) is 8.60. The number of nitrogens with one attached hydrogen (secondary N) is 2. The van der Waals surface area contributed by atoms with Crippen LogP contribution < -0.4 is 15.4 Å². The number of guanidine groups is 1. The molecule has 142 valence electrons. The summed E-state index contributed by atoms with van der Waals surface area (Å²) in [7, 11) is 5.19. The Bertz CT molecular complexity index is 504. The van der Waals surface area contributed by atoms with Crippen LogP contribution in [-0.4, -0.2) is 64.9 Å². The molecule has 1 fully saturated rings. The third kappa shape index (κ3) is 6.99. The average molecular weight is 462 g/mol. The Morgan fingerprint density at radius 1 is 1.16 bits per heavy atom. The van der Waals surface area contributed by atoms with Gasteiger partial charge in [-0.1, -0.05) is 12.1 Å². The van der Waals surface area contributed by atoms with Gasteiger partial charge in [0.15, 0.2) is 5.96 Å². The number of ether oxygens (including phenoxy) is 2. The van der Waals surface area contributed by atoms with Crippen molar-refractivity contribution in [2.75, 3.05) is 54.1 Å². The molecule has 2 N–H and O–H groups in total. The van der Waals surface area contributed by atoms with E-state index in [-0.39, 0.29) is 24.0 Å². The predicted molar refractivity (Wildman–Crippen MR) is 113 cm³/mol. The molecule has 1 unspecified atom stereocenters. The zero-order valence-electron chi connectivity index (χ0n) is 15.5. The van der Waals surface area contributed by atoms with Gasteiger partial charge >= 0.3 is 0 Å². The van der Waals surface area contributed by atoms with Gasteiger partial charge in [0.05, 0.1) is 19.8 Å². The Kier molecular flexibility index (Phi) is 10.8. The third-order valence-corrected chi connectivity index (χ3v) is 4.37. The minimum Gasteiger partial charge on any atom is -0.497 e. The van der Waals surface area contributed by atoms with E-state index in [1.807, 2.05) is 12.1 Å². The summed E-state index contributed by atoms with van der Waals surface area (Å²) < 4.78 is 10.3. The Balaban J connectivity index is 0.00000312. The molecule has 2 rings (SSSR count). The summed E-state index contributed by atoms with van der Waals surface area (Å²) in [5.74, 6) is 1.70. The van der Waals surface area contributed by atoms with Crippen molar-refractivity contribution in [3.05, 3.63) is 29.8 Å². The fraction of sp³-hybridized carbons (Fsp3) is 0.611. The van der Waals surface area contributed by atoms with E-state index >= 15 is 0 Å². The first-order chi connectivity index (χ1) is 11.8. The van der Waals surface area contributed by atoms with Crippen molar-refractivity contribution in [2.24, 2.45) is 4.99 Å². The molecule has 6 nitrogen and oxygen atoms in total. The second-order valence-corrected chi connectivity index (χ2v) is 5.90. The SMILES string of the molecule is CN=C(NCCOC)NCC(c1ccc(OC)cc1)N1CCCC1.I. The summed E-state index contributed by atoms with van der Waals surface area (Å²) in [4.78, 5) is 6.82. The van der Waals surface area contributed by atoms with E-state index in [0.717, 1.165) is 37.9 Å². The van der Waals surface area contributed by atoms with E-state index in [1.54, 1.807) is 21.3 Å². The molecule has 1 atom stereocenters. The van der Waals surface area contributed by atoms with Gasteiger partial charge in [-0.05, 0) is 43.6 Å². The van der Waals surface area contributed by atoms with Crippen molar-refractivity contribution in [1.82, 2.24) is 15.5 Å².